The third kappa shape index (κ3) is 6.07. The fourth-order valence-corrected chi connectivity index (χ4v) is 3.92. The predicted octanol–water partition coefficient (Wildman–Crippen LogP) is 2.73. The number of esters is 1. The number of nitrogens with one attached hydrogen (secondary N) is 2. The van der Waals surface area contributed by atoms with Gasteiger partial charge in [0, 0.05) is 33.5 Å². The number of hydrogen-bond acceptors (Lipinski definition) is 8. The number of hydrazone groups is 1. The van der Waals surface area contributed by atoms with E-state index in [1.54, 1.807) is 12.1 Å². The van der Waals surface area contributed by atoms with E-state index in [2.05, 4.69) is 15.8 Å². The Labute approximate surface area is 194 Å². The maximum atomic E-state index is 12.4. The lowest BCUT2D eigenvalue weighted by molar-refractivity contribution is -0.139. The molecule has 2 amide bonds. The van der Waals surface area contributed by atoms with E-state index in [1.165, 1.54) is 38.5 Å². The second-order valence-electron chi connectivity index (χ2n) is 6.77. The SMILES string of the molecule is COc1ccc(C(=O)NCC(=O)N/N=C(\COC(C)=O)c2csc3ccccc23)cc1OC. The van der Waals surface area contributed by atoms with E-state index in [0.29, 0.717) is 22.8 Å². The molecule has 0 aliphatic heterocycles. The number of thiophene rings is 1. The third-order valence-corrected chi connectivity index (χ3v) is 5.54. The van der Waals surface area contributed by atoms with Gasteiger partial charge in [0.1, 0.15) is 12.3 Å². The molecule has 1 aromatic heterocycles. The molecule has 9 nitrogen and oxygen atoms in total. The summed E-state index contributed by atoms with van der Waals surface area (Å²) >= 11 is 1.52. The summed E-state index contributed by atoms with van der Waals surface area (Å²) < 4.78 is 16.5. The van der Waals surface area contributed by atoms with Gasteiger partial charge in [-0.15, -0.1) is 11.3 Å². The van der Waals surface area contributed by atoms with Crippen molar-refractivity contribution in [3.8, 4) is 11.5 Å². The van der Waals surface area contributed by atoms with Crippen molar-refractivity contribution in [3.63, 3.8) is 0 Å². The predicted molar refractivity (Wildman–Crippen MR) is 125 cm³/mol. The van der Waals surface area contributed by atoms with E-state index >= 15 is 0 Å². The first-order chi connectivity index (χ1) is 15.9. The fourth-order valence-electron chi connectivity index (χ4n) is 2.95. The summed E-state index contributed by atoms with van der Waals surface area (Å²) in [6, 6.07) is 12.4. The zero-order valence-electron chi connectivity index (χ0n) is 18.3. The largest absolute Gasteiger partial charge is 0.493 e. The molecule has 0 aliphatic carbocycles. The summed E-state index contributed by atoms with van der Waals surface area (Å²) in [7, 11) is 2.96. The number of carbonyl (C=O) groups excluding carboxylic acids is 3. The highest BCUT2D eigenvalue weighted by Gasteiger charge is 2.14. The quantitative estimate of drug-likeness (QED) is 0.283. The number of amides is 2. The number of methoxy groups -OCH3 is 2. The van der Waals surface area contributed by atoms with Gasteiger partial charge in [-0.1, -0.05) is 18.2 Å². The van der Waals surface area contributed by atoms with Gasteiger partial charge in [0.15, 0.2) is 11.5 Å². The average Bonchev–Trinajstić information content (AvgIpc) is 3.26. The van der Waals surface area contributed by atoms with Crippen LogP contribution in [-0.2, 0) is 14.3 Å². The fraction of sp³-hybridized carbons (Fsp3) is 0.217. The van der Waals surface area contributed by atoms with Crippen LogP contribution in [0.25, 0.3) is 10.1 Å². The van der Waals surface area contributed by atoms with Gasteiger partial charge in [-0.3, -0.25) is 14.4 Å². The molecule has 2 aromatic carbocycles. The van der Waals surface area contributed by atoms with Crippen molar-refractivity contribution in [2.45, 2.75) is 6.92 Å². The lowest BCUT2D eigenvalue weighted by Gasteiger charge is -2.10. The maximum absolute atomic E-state index is 12.4. The van der Waals surface area contributed by atoms with E-state index in [9.17, 15) is 14.4 Å². The number of fused-ring (bicyclic) bond motifs is 1. The first-order valence-electron chi connectivity index (χ1n) is 9.88. The van der Waals surface area contributed by atoms with Gasteiger partial charge in [-0.05, 0) is 24.3 Å². The monoisotopic (exact) mass is 469 g/mol. The van der Waals surface area contributed by atoms with Gasteiger partial charge in [0.25, 0.3) is 11.8 Å². The second kappa shape index (κ2) is 11.1. The molecule has 0 fully saturated rings. The first-order valence-corrected chi connectivity index (χ1v) is 10.8. The minimum absolute atomic E-state index is 0.103. The van der Waals surface area contributed by atoms with Crippen molar-refractivity contribution in [3.05, 3.63) is 59.0 Å². The molecule has 172 valence electrons. The van der Waals surface area contributed by atoms with E-state index < -0.39 is 17.8 Å². The van der Waals surface area contributed by atoms with Crippen LogP contribution in [0.4, 0.5) is 0 Å². The molecule has 1 heterocycles. The van der Waals surface area contributed by atoms with Crippen molar-refractivity contribution < 1.29 is 28.6 Å². The molecule has 0 atom stereocenters. The standard InChI is InChI=1S/C23H23N3O6S/c1-14(27)32-12-18(17-13-33-21-7-5-4-6-16(17)21)25-26-22(28)11-24-23(29)15-8-9-19(30-2)20(10-15)31-3/h4-10,13H,11-12H2,1-3H3,(H,24,29)(H,26,28)/b25-18+. The zero-order chi connectivity index (χ0) is 23.8. The summed E-state index contributed by atoms with van der Waals surface area (Å²) in [5.74, 6) is -0.571. The van der Waals surface area contributed by atoms with Gasteiger partial charge in [0.05, 0.1) is 20.8 Å². The highest BCUT2D eigenvalue weighted by molar-refractivity contribution is 7.17. The van der Waals surface area contributed by atoms with Crippen molar-refractivity contribution in [1.82, 2.24) is 10.7 Å². The summed E-state index contributed by atoms with van der Waals surface area (Å²) in [6.07, 6.45) is 0. The van der Waals surface area contributed by atoms with Crippen LogP contribution < -0.4 is 20.2 Å². The Bertz CT molecular complexity index is 1200. The van der Waals surface area contributed by atoms with Gasteiger partial charge in [-0.25, -0.2) is 5.43 Å². The molecule has 0 spiro atoms. The third-order valence-electron chi connectivity index (χ3n) is 4.57. The van der Waals surface area contributed by atoms with Crippen LogP contribution in [0.5, 0.6) is 11.5 Å². The van der Waals surface area contributed by atoms with Gasteiger partial charge >= 0.3 is 5.97 Å². The lowest BCUT2D eigenvalue weighted by Crippen LogP contribution is -2.35. The van der Waals surface area contributed by atoms with E-state index in [4.69, 9.17) is 14.2 Å². The van der Waals surface area contributed by atoms with E-state index in [1.807, 2.05) is 29.6 Å². The molecule has 3 rings (SSSR count). The van der Waals surface area contributed by atoms with Crippen molar-refractivity contribution in [2.24, 2.45) is 5.10 Å². The molecular formula is C23H23N3O6S. The summed E-state index contributed by atoms with van der Waals surface area (Å²) in [5, 5.41) is 9.50. The van der Waals surface area contributed by atoms with Crippen LogP contribution in [0.2, 0.25) is 0 Å². The molecule has 33 heavy (non-hydrogen) atoms. The normalized spacial score (nSPS) is 11.1. The number of rotatable bonds is 9. The number of ether oxygens (including phenoxy) is 3. The van der Waals surface area contributed by atoms with Crippen LogP contribution in [-0.4, -0.2) is 50.9 Å². The Balaban J connectivity index is 1.67. The highest BCUT2D eigenvalue weighted by atomic mass is 32.1. The smallest absolute Gasteiger partial charge is 0.303 e. The summed E-state index contributed by atoms with van der Waals surface area (Å²) in [4.78, 5) is 36.0. The van der Waals surface area contributed by atoms with Crippen molar-refractivity contribution in [2.75, 3.05) is 27.4 Å². The molecule has 10 heteroatoms. The first kappa shape index (κ1) is 23.7. The lowest BCUT2D eigenvalue weighted by atomic mass is 10.1. The number of nitrogens with zero attached hydrogens (tertiary/aromatic N) is 1. The van der Waals surface area contributed by atoms with Crippen LogP contribution >= 0.6 is 11.3 Å². The van der Waals surface area contributed by atoms with Gasteiger partial charge in [0.2, 0.25) is 0 Å². The number of benzene rings is 2. The molecule has 2 N–H and O–H groups in total. The minimum Gasteiger partial charge on any atom is -0.493 e. The average molecular weight is 470 g/mol. The number of hydrogen-bond donors (Lipinski definition) is 2. The minimum atomic E-state index is -0.538. The molecule has 3 aromatic rings. The molecule has 0 saturated carbocycles. The maximum Gasteiger partial charge on any atom is 0.303 e. The van der Waals surface area contributed by atoms with Crippen LogP contribution in [0.1, 0.15) is 22.8 Å². The van der Waals surface area contributed by atoms with Crippen LogP contribution in [0, 0.1) is 0 Å². The Morgan fingerprint density at radius 1 is 1.03 bits per heavy atom. The highest BCUT2D eigenvalue weighted by Crippen LogP contribution is 2.28. The van der Waals surface area contributed by atoms with Crippen molar-refractivity contribution in [1.29, 1.82) is 0 Å². The molecule has 0 bridgehead atoms. The Hall–Kier alpha value is -3.92. The van der Waals surface area contributed by atoms with Gasteiger partial charge < -0.3 is 19.5 Å². The number of carbonyl (C=O) groups is 3. The Kier molecular flexibility index (Phi) is 7.98. The zero-order valence-corrected chi connectivity index (χ0v) is 19.2. The second-order valence-corrected chi connectivity index (χ2v) is 7.68. The Morgan fingerprint density at radius 2 is 1.79 bits per heavy atom. The topological polar surface area (TPSA) is 115 Å². The van der Waals surface area contributed by atoms with E-state index in [-0.39, 0.29) is 13.2 Å². The molecule has 0 radical (unpaired) electrons. The summed E-state index contributed by atoms with van der Waals surface area (Å²) in [6.45, 7) is 0.891. The Morgan fingerprint density at radius 3 is 2.52 bits per heavy atom. The van der Waals surface area contributed by atoms with E-state index in [0.717, 1.165) is 15.6 Å². The van der Waals surface area contributed by atoms with Crippen LogP contribution in [0.15, 0.2) is 52.9 Å². The van der Waals surface area contributed by atoms with Gasteiger partial charge in [-0.2, -0.15) is 5.10 Å². The molecular weight excluding hydrogens is 446 g/mol. The molecule has 0 unspecified atom stereocenters. The molecule has 0 saturated heterocycles. The van der Waals surface area contributed by atoms with Crippen LogP contribution in [0.3, 0.4) is 0 Å². The summed E-state index contributed by atoms with van der Waals surface area (Å²) in [5.41, 5.74) is 3.87. The molecule has 0 aliphatic rings. The van der Waals surface area contributed by atoms with Crippen molar-refractivity contribution >= 4 is 44.9 Å².